The molecule has 1 saturated heterocycles. The van der Waals surface area contributed by atoms with Gasteiger partial charge in [0, 0.05) is 25.2 Å². The van der Waals surface area contributed by atoms with Crippen molar-refractivity contribution >= 4 is 0 Å². The lowest BCUT2D eigenvalue weighted by Crippen LogP contribution is -2.45. The minimum absolute atomic E-state index is 0.795. The maximum absolute atomic E-state index is 3.78. The van der Waals surface area contributed by atoms with Crippen molar-refractivity contribution in [3.8, 4) is 0 Å². The second kappa shape index (κ2) is 7.61. The Kier molecular flexibility index (Phi) is 6.11. The van der Waals surface area contributed by atoms with Crippen LogP contribution in [0.3, 0.4) is 0 Å². The van der Waals surface area contributed by atoms with Gasteiger partial charge in [-0.15, -0.1) is 0 Å². The topological polar surface area (TPSA) is 18.5 Å². The summed E-state index contributed by atoms with van der Waals surface area (Å²) < 4.78 is 0. The van der Waals surface area contributed by atoms with Gasteiger partial charge in [0.1, 0.15) is 0 Å². The molecule has 2 atom stereocenters. The van der Waals surface area contributed by atoms with Crippen molar-refractivity contribution in [1.29, 1.82) is 0 Å². The second-order valence-electron chi connectivity index (χ2n) is 6.96. The van der Waals surface area contributed by atoms with Crippen LogP contribution < -0.4 is 5.32 Å². The van der Waals surface area contributed by atoms with E-state index in [4.69, 9.17) is 0 Å². The Morgan fingerprint density at radius 1 is 1.11 bits per heavy atom. The van der Waals surface area contributed by atoms with Crippen molar-refractivity contribution in [2.24, 2.45) is 5.92 Å². The Hall–Kier alpha value is -0.120. The van der Waals surface area contributed by atoms with E-state index in [1.165, 1.54) is 64.7 Å². The predicted molar refractivity (Wildman–Crippen MR) is 82.6 cm³/mol. The summed E-state index contributed by atoms with van der Waals surface area (Å²) in [6.07, 6.45) is 8.33. The predicted octanol–water partition coefficient (Wildman–Crippen LogP) is 2.18. The molecular formula is C16H33N3. The van der Waals surface area contributed by atoms with Gasteiger partial charge in [-0.3, -0.25) is 0 Å². The van der Waals surface area contributed by atoms with Gasteiger partial charge in [0.15, 0.2) is 0 Å². The summed E-state index contributed by atoms with van der Waals surface area (Å²) in [5.74, 6) is 0.932. The molecule has 3 nitrogen and oxygen atoms in total. The number of nitrogens with one attached hydrogen (secondary N) is 1. The Morgan fingerprint density at radius 3 is 2.47 bits per heavy atom. The van der Waals surface area contributed by atoms with E-state index < -0.39 is 0 Å². The summed E-state index contributed by atoms with van der Waals surface area (Å²) in [4.78, 5) is 5.03. The third kappa shape index (κ3) is 5.05. The van der Waals surface area contributed by atoms with Crippen LogP contribution in [-0.4, -0.2) is 62.2 Å². The molecule has 0 radical (unpaired) electrons. The van der Waals surface area contributed by atoms with Crippen molar-refractivity contribution < 1.29 is 0 Å². The lowest BCUT2D eigenvalue weighted by molar-refractivity contribution is 0.143. The molecule has 0 aromatic rings. The first-order chi connectivity index (χ1) is 9.15. The average molecular weight is 267 g/mol. The van der Waals surface area contributed by atoms with Crippen molar-refractivity contribution in [3.63, 3.8) is 0 Å². The molecule has 1 aliphatic heterocycles. The van der Waals surface area contributed by atoms with Gasteiger partial charge >= 0.3 is 0 Å². The van der Waals surface area contributed by atoms with Gasteiger partial charge in [0.25, 0.3) is 0 Å². The van der Waals surface area contributed by atoms with Gasteiger partial charge in [0.05, 0.1) is 0 Å². The fourth-order valence-electron chi connectivity index (χ4n) is 3.71. The molecule has 1 saturated carbocycles. The number of likely N-dealkylation sites (tertiary alicyclic amines) is 1. The van der Waals surface area contributed by atoms with Crippen LogP contribution in [-0.2, 0) is 0 Å². The molecule has 2 aliphatic rings. The lowest BCUT2D eigenvalue weighted by Gasteiger charge is -2.35. The van der Waals surface area contributed by atoms with Crippen molar-refractivity contribution in [2.75, 3.05) is 40.3 Å². The molecule has 0 aromatic heterocycles. The molecule has 19 heavy (non-hydrogen) atoms. The minimum Gasteiger partial charge on any atom is -0.313 e. The highest BCUT2D eigenvalue weighted by Gasteiger charge is 2.21. The Bertz CT molecular complexity index is 246. The molecule has 0 aromatic carbocycles. The molecule has 0 amide bonds. The number of nitrogens with zero attached hydrogens (tertiary/aromatic N) is 2. The largest absolute Gasteiger partial charge is 0.313 e. The number of piperidine rings is 1. The van der Waals surface area contributed by atoms with Crippen molar-refractivity contribution in [2.45, 2.75) is 57.5 Å². The molecule has 112 valence electrons. The van der Waals surface area contributed by atoms with E-state index in [1.54, 1.807) is 0 Å². The molecular weight excluding hydrogens is 234 g/mol. The lowest BCUT2D eigenvalue weighted by atomic mass is 9.87. The quantitative estimate of drug-likeness (QED) is 0.824. The van der Waals surface area contributed by atoms with E-state index in [0.717, 1.165) is 18.0 Å². The van der Waals surface area contributed by atoms with Gasteiger partial charge in [-0.25, -0.2) is 0 Å². The first-order valence-corrected chi connectivity index (χ1v) is 8.27. The maximum Gasteiger partial charge on any atom is 0.0113 e. The number of hydrogen-bond donors (Lipinski definition) is 1. The zero-order valence-electron chi connectivity index (χ0n) is 13.2. The van der Waals surface area contributed by atoms with E-state index >= 15 is 0 Å². The van der Waals surface area contributed by atoms with E-state index in [2.05, 4.69) is 36.1 Å². The zero-order valence-corrected chi connectivity index (χ0v) is 13.2. The summed E-state index contributed by atoms with van der Waals surface area (Å²) in [7, 11) is 4.43. The fraction of sp³-hybridized carbons (Fsp3) is 1.00. The smallest absolute Gasteiger partial charge is 0.0113 e. The molecule has 2 unspecified atom stereocenters. The van der Waals surface area contributed by atoms with Crippen LogP contribution in [0.25, 0.3) is 0 Å². The van der Waals surface area contributed by atoms with E-state index in [-0.39, 0.29) is 0 Å². The van der Waals surface area contributed by atoms with Crippen LogP contribution in [0.4, 0.5) is 0 Å². The summed E-state index contributed by atoms with van der Waals surface area (Å²) >= 11 is 0. The summed E-state index contributed by atoms with van der Waals surface area (Å²) in [6.45, 7) is 7.39. The first-order valence-electron chi connectivity index (χ1n) is 8.27. The van der Waals surface area contributed by atoms with E-state index in [1.807, 2.05) is 0 Å². The van der Waals surface area contributed by atoms with Crippen molar-refractivity contribution in [1.82, 2.24) is 15.1 Å². The highest BCUT2D eigenvalue weighted by Crippen LogP contribution is 2.23. The van der Waals surface area contributed by atoms with Crippen LogP contribution in [0.5, 0.6) is 0 Å². The summed E-state index contributed by atoms with van der Waals surface area (Å²) in [6, 6.07) is 1.60. The number of hydrogen-bond acceptors (Lipinski definition) is 3. The van der Waals surface area contributed by atoms with Gasteiger partial charge < -0.3 is 15.1 Å². The van der Waals surface area contributed by atoms with Gasteiger partial charge in [-0.2, -0.15) is 0 Å². The summed E-state index contributed by atoms with van der Waals surface area (Å²) in [5.41, 5.74) is 0. The standard InChI is InChI=1S/C16H33N3/c1-14-5-4-6-15(13-14)17-9-12-19-10-7-16(8-11-19)18(2)3/h14-17H,4-13H2,1-3H3. The third-order valence-corrected chi connectivity index (χ3v) is 5.08. The average Bonchev–Trinajstić information content (AvgIpc) is 2.39. The number of rotatable bonds is 5. The SMILES string of the molecule is CC1CCCC(NCCN2CCC(N(C)C)CC2)C1. The third-order valence-electron chi connectivity index (χ3n) is 5.08. The minimum atomic E-state index is 0.795. The van der Waals surface area contributed by atoms with Gasteiger partial charge in [-0.1, -0.05) is 19.8 Å². The van der Waals surface area contributed by atoms with E-state index in [9.17, 15) is 0 Å². The fourth-order valence-corrected chi connectivity index (χ4v) is 3.71. The molecule has 2 fully saturated rings. The highest BCUT2D eigenvalue weighted by molar-refractivity contribution is 4.79. The monoisotopic (exact) mass is 267 g/mol. The highest BCUT2D eigenvalue weighted by atomic mass is 15.2. The Morgan fingerprint density at radius 2 is 1.84 bits per heavy atom. The Balaban J connectivity index is 1.56. The molecule has 1 heterocycles. The van der Waals surface area contributed by atoms with Crippen LogP contribution in [0.2, 0.25) is 0 Å². The van der Waals surface area contributed by atoms with Crippen LogP contribution >= 0.6 is 0 Å². The molecule has 1 N–H and O–H groups in total. The molecule has 2 rings (SSSR count). The molecule has 0 spiro atoms. The molecule has 0 bridgehead atoms. The molecule has 1 aliphatic carbocycles. The van der Waals surface area contributed by atoms with Gasteiger partial charge in [0.2, 0.25) is 0 Å². The van der Waals surface area contributed by atoms with Crippen LogP contribution in [0.1, 0.15) is 45.4 Å². The normalized spacial score (nSPS) is 30.9. The van der Waals surface area contributed by atoms with Crippen LogP contribution in [0, 0.1) is 5.92 Å². The second-order valence-corrected chi connectivity index (χ2v) is 6.96. The van der Waals surface area contributed by atoms with Gasteiger partial charge in [-0.05, 0) is 58.8 Å². The van der Waals surface area contributed by atoms with Crippen molar-refractivity contribution in [3.05, 3.63) is 0 Å². The summed E-state index contributed by atoms with van der Waals surface area (Å²) in [5, 5.41) is 3.78. The van der Waals surface area contributed by atoms with Crippen LogP contribution in [0.15, 0.2) is 0 Å². The zero-order chi connectivity index (χ0) is 13.7. The molecule has 3 heteroatoms. The maximum atomic E-state index is 3.78. The first kappa shape index (κ1) is 15.3. The Labute approximate surface area is 119 Å². The van der Waals surface area contributed by atoms with E-state index in [0.29, 0.717) is 0 Å².